The first-order chi connectivity index (χ1) is 9.19. The van der Waals surface area contributed by atoms with Crippen LogP contribution >= 0.6 is 15.9 Å². The molecule has 19 heavy (non-hydrogen) atoms. The van der Waals surface area contributed by atoms with Crippen LogP contribution in [-0.4, -0.2) is 24.4 Å². The van der Waals surface area contributed by atoms with E-state index in [1.54, 1.807) is 0 Å². The van der Waals surface area contributed by atoms with Crippen molar-refractivity contribution in [1.29, 1.82) is 0 Å². The van der Waals surface area contributed by atoms with E-state index in [0.717, 1.165) is 41.7 Å². The van der Waals surface area contributed by atoms with Crippen LogP contribution < -0.4 is 10.1 Å². The molecule has 0 bridgehead atoms. The number of hydrogen-bond donors (Lipinski definition) is 2. The van der Waals surface area contributed by atoms with Gasteiger partial charge in [0.2, 0.25) is 0 Å². The molecule has 0 amide bonds. The van der Waals surface area contributed by atoms with Crippen LogP contribution in [0, 0.1) is 18.3 Å². The molecule has 1 fully saturated rings. The lowest BCUT2D eigenvalue weighted by molar-refractivity contribution is 0.0429. The molecule has 102 valence electrons. The maximum absolute atomic E-state index is 9.24. The van der Waals surface area contributed by atoms with Gasteiger partial charge in [-0.3, -0.25) is 0 Å². The fraction of sp³-hybridized carbons (Fsp3) is 0.467. The third kappa shape index (κ3) is 4.24. The van der Waals surface area contributed by atoms with Crippen molar-refractivity contribution in [3.05, 3.63) is 28.2 Å². The van der Waals surface area contributed by atoms with Crippen LogP contribution in [0.3, 0.4) is 0 Å². The van der Waals surface area contributed by atoms with E-state index in [-0.39, 0.29) is 12.7 Å². The zero-order chi connectivity index (χ0) is 13.7. The lowest BCUT2D eigenvalue weighted by atomic mass is 9.82. The molecule has 0 atom stereocenters. The van der Waals surface area contributed by atoms with E-state index in [2.05, 4.69) is 27.2 Å². The average Bonchev–Trinajstić information content (AvgIpc) is 2.35. The van der Waals surface area contributed by atoms with Gasteiger partial charge in [-0.05, 0) is 43.5 Å². The second-order valence-electron chi connectivity index (χ2n) is 4.87. The van der Waals surface area contributed by atoms with Crippen LogP contribution in [0.1, 0.15) is 18.4 Å². The minimum absolute atomic E-state index is 0.0906. The van der Waals surface area contributed by atoms with Gasteiger partial charge in [0.15, 0.2) is 0 Å². The zero-order valence-corrected chi connectivity index (χ0v) is 12.3. The highest BCUT2D eigenvalue weighted by molar-refractivity contribution is 9.10. The minimum atomic E-state index is -0.0906. The van der Waals surface area contributed by atoms with Gasteiger partial charge in [-0.2, -0.15) is 0 Å². The molecule has 4 heteroatoms. The largest absolute Gasteiger partial charge is 0.481 e. The highest BCUT2D eigenvalue weighted by Crippen LogP contribution is 2.27. The summed E-state index contributed by atoms with van der Waals surface area (Å²) in [5.74, 6) is 3.89. The van der Waals surface area contributed by atoms with Crippen molar-refractivity contribution >= 4 is 15.9 Å². The normalized spacial score (nSPS) is 21.5. The van der Waals surface area contributed by atoms with Gasteiger partial charge in [-0.1, -0.05) is 21.9 Å². The Morgan fingerprint density at radius 2 is 2.26 bits per heavy atom. The quantitative estimate of drug-likeness (QED) is 0.789. The molecule has 0 saturated heterocycles. The Morgan fingerprint density at radius 1 is 1.47 bits per heavy atom. The van der Waals surface area contributed by atoms with Gasteiger partial charge in [0.25, 0.3) is 0 Å². The van der Waals surface area contributed by atoms with E-state index in [9.17, 15) is 5.11 Å². The third-order valence-corrected chi connectivity index (χ3v) is 3.79. The van der Waals surface area contributed by atoms with Gasteiger partial charge in [0.1, 0.15) is 12.4 Å². The van der Waals surface area contributed by atoms with Crippen LogP contribution in [0.5, 0.6) is 5.75 Å². The highest BCUT2D eigenvalue weighted by atomic mass is 79.9. The summed E-state index contributed by atoms with van der Waals surface area (Å²) in [6.07, 6.45) is 6.94. The molecule has 1 aromatic carbocycles. The molecule has 0 radical (unpaired) electrons. The predicted octanol–water partition coefficient (Wildman–Crippen LogP) is 2.32. The number of benzene rings is 1. The van der Waals surface area contributed by atoms with Crippen molar-refractivity contribution < 1.29 is 9.84 Å². The van der Waals surface area contributed by atoms with Crippen molar-refractivity contribution in [2.24, 2.45) is 5.92 Å². The molecule has 2 N–H and O–H groups in total. The lowest BCUT2D eigenvalue weighted by Crippen LogP contribution is -2.35. The van der Waals surface area contributed by atoms with Crippen molar-refractivity contribution in [2.75, 3.05) is 13.2 Å². The van der Waals surface area contributed by atoms with Crippen molar-refractivity contribution in [2.45, 2.75) is 25.5 Å². The molecule has 0 spiro atoms. The van der Waals surface area contributed by atoms with Gasteiger partial charge >= 0.3 is 0 Å². The molecule has 1 aromatic rings. The summed E-state index contributed by atoms with van der Waals surface area (Å²) < 4.78 is 6.54. The Bertz CT molecular complexity index is 464. The third-order valence-electron chi connectivity index (χ3n) is 3.29. The summed E-state index contributed by atoms with van der Waals surface area (Å²) in [5, 5.41) is 12.6. The van der Waals surface area contributed by atoms with E-state index >= 15 is 0 Å². The number of hydrogen-bond acceptors (Lipinski definition) is 3. The highest BCUT2D eigenvalue weighted by Gasteiger charge is 2.26. The van der Waals surface area contributed by atoms with E-state index < -0.39 is 0 Å². The molecule has 0 aliphatic heterocycles. The summed E-state index contributed by atoms with van der Waals surface area (Å²) in [5.41, 5.74) is 1.09. The smallest absolute Gasteiger partial charge is 0.148 e. The molecule has 1 saturated carbocycles. The topological polar surface area (TPSA) is 41.5 Å². The Labute approximate surface area is 122 Å². The molecule has 0 aromatic heterocycles. The van der Waals surface area contributed by atoms with Gasteiger partial charge in [0.05, 0.1) is 6.10 Å². The number of terminal acetylenes is 1. The number of aliphatic hydroxyl groups is 1. The summed E-state index contributed by atoms with van der Waals surface area (Å²) in [7, 11) is 0. The van der Waals surface area contributed by atoms with Gasteiger partial charge in [-0.25, -0.2) is 0 Å². The lowest BCUT2D eigenvalue weighted by Gasteiger charge is -2.31. The molecular weight excluding hydrogens is 306 g/mol. The fourth-order valence-electron chi connectivity index (χ4n) is 2.22. The summed E-state index contributed by atoms with van der Waals surface area (Å²) in [4.78, 5) is 0. The monoisotopic (exact) mass is 323 g/mol. The number of aliphatic hydroxyl groups excluding tert-OH is 1. The summed E-state index contributed by atoms with van der Waals surface area (Å²) in [6, 6.07) is 5.90. The van der Waals surface area contributed by atoms with E-state index in [4.69, 9.17) is 11.2 Å². The maximum atomic E-state index is 9.24. The molecular formula is C15H18BrNO2. The SMILES string of the molecule is C#CCOc1ccc(Br)cc1CNCC1CC(O)C1. The molecule has 1 aliphatic rings. The van der Waals surface area contributed by atoms with Crippen LogP contribution in [-0.2, 0) is 6.54 Å². The van der Waals surface area contributed by atoms with E-state index in [0.29, 0.717) is 5.92 Å². The molecule has 2 rings (SSSR count). The second kappa shape index (κ2) is 6.95. The summed E-state index contributed by atoms with van der Waals surface area (Å²) >= 11 is 3.46. The molecule has 0 unspecified atom stereocenters. The number of halogens is 1. The van der Waals surface area contributed by atoms with Gasteiger partial charge < -0.3 is 15.2 Å². The Balaban J connectivity index is 1.86. The second-order valence-corrected chi connectivity index (χ2v) is 5.78. The van der Waals surface area contributed by atoms with Crippen LogP contribution in [0.15, 0.2) is 22.7 Å². The summed E-state index contributed by atoms with van der Waals surface area (Å²) in [6.45, 7) is 1.95. The number of nitrogens with one attached hydrogen (secondary N) is 1. The van der Waals surface area contributed by atoms with Crippen LogP contribution in [0.2, 0.25) is 0 Å². The van der Waals surface area contributed by atoms with E-state index in [1.165, 1.54) is 0 Å². The first-order valence-electron chi connectivity index (χ1n) is 6.42. The van der Waals surface area contributed by atoms with Gasteiger partial charge in [0, 0.05) is 16.6 Å². The Hall–Kier alpha value is -1.02. The first-order valence-corrected chi connectivity index (χ1v) is 7.22. The Morgan fingerprint density at radius 3 is 2.95 bits per heavy atom. The molecule has 0 heterocycles. The maximum Gasteiger partial charge on any atom is 0.148 e. The number of ether oxygens (including phenoxy) is 1. The zero-order valence-electron chi connectivity index (χ0n) is 10.7. The predicted molar refractivity (Wildman–Crippen MR) is 78.9 cm³/mol. The number of rotatable bonds is 6. The van der Waals surface area contributed by atoms with Crippen molar-refractivity contribution in [1.82, 2.24) is 5.32 Å². The fourth-order valence-corrected chi connectivity index (χ4v) is 2.63. The standard InChI is InChI=1S/C15H18BrNO2/c1-2-5-19-15-4-3-13(16)8-12(15)10-17-9-11-6-14(18)7-11/h1,3-4,8,11,14,17-18H,5-7,9-10H2. The molecule has 1 aliphatic carbocycles. The van der Waals surface area contributed by atoms with Crippen molar-refractivity contribution in [3.63, 3.8) is 0 Å². The van der Waals surface area contributed by atoms with Crippen LogP contribution in [0.4, 0.5) is 0 Å². The first kappa shape index (κ1) is 14.4. The van der Waals surface area contributed by atoms with Crippen molar-refractivity contribution in [3.8, 4) is 18.1 Å². The van der Waals surface area contributed by atoms with E-state index in [1.807, 2.05) is 18.2 Å². The average molecular weight is 324 g/mol. The molecule has 3 nitrogen and oxygen atoms in total. The Kier molecular flexibility index (Phi) is 5.26. The van der Waals surface area contributed by atoms with Crippen LogP contribution in [0.25, 0.3) is 0 Å². The van der Waals surface area contributed by atoms with Gasteiger partial charge in [-0.15, -0.1) is 6.42 Å². The minimum Gasteiger partial charge on any atom is -0.481 e.